The van der Waals surface area contributed by atoms with Crippen LogP contribution in [0, 0.1) is 4.77 Å². The van der Waals surface area contributed by atoms with Crippen molar-refractivity contribution < 1.29 is 13.2 Å². The van der Waals surface area contributed by atoms with Gasteiger partial charge in [-0.3, -0.25) is 14.2 Å². The fourth-order valence-corrected chi connectivity index (χ4v) is 4.67. The molecule has 8 nitrogen and oxygen atoms in total. The molecule has 0 radical (unpaired) electrons. The van der Waals surface area contributed by atoms with Crippen LogP contribution >= 0.6 is 12.2 Å². The Morgan fingerprint density at radius 2 is 1.93 bits per heavy atom. The Balaban J connectivity index is 1.75. The topological polar surface area (TPSA) is 100 Å². The third kappa shape index (κ3) is 4.60. The van der Waals surface area contributed by atoms with Gasteiger partial charge in [-0.2, -0.15) is 5.10 Å². The Kier molecular flexibility index (Phi) is 6.68. The van der Waals surface area contributed by atoms with E-state index in [0.29, 0.717) is 23.4 Å². The standard InChI is InChI=1S/C20H23N5O3S2/c1-3-25(16-9-5-4-6-10-16)30(27,28)17-11-7-8-15(14-17)19(26)21-13-12-18-22-23-20(29)24(18)2/h4-11,14H,3,12-13H2,1-2H3,(H,21,26)(H,23,29). The minimum absolute atomic E-state index is 0.0651. The van der Waals surface area contributed by atoms with E-state index < -0.39 is 10.0 Å². The summed E-state index contributed by atoms with van der Waals surface area (Å²) in [6.45, 7) is 2.38. The largest absolute Gasteiger partial charge is 0.352 e. The van der Waals surface area contributed by atoms with E-state index in [1.54, 1.807) is 54.9 Å². The van der Waals surface area contributed by atoms with E-state index in [9.17, 15) is 13.2 Å². The minimum Gasteiger partial charge on any atom is -0.352 e. The average Bonchev–Trinajstić information content (AvgIpc) is 3.07. The van der Waals surface area contributed by atoms with Crippen LogP contribution < -0.4 is 9.62 Å². The molecule has 2 N–H and O–H groups in total. The smallest absolute Gasteiger partial charge is 0.264 e. The molecule has 1 aromatic heterocycles. The second-order valence-electron chi connectivity index (χ2n) is 6.54. The molecule has 0 aliphatic carbocycles. The summed E-state index contributed by atoms with van der Waals surface area (Å²) in [6.07, 6.45) is 0.491. The van der Waals surface area contributed by atoms with Crippen molar-refractivity contribution in [3.05, 3.63) is 70.8 Å². The Hall–Kier alpha value is -2.98. The molecular formula is C20H23N5O3S2. The summed E-state index contributed by atoms with van der Waals surface area (Å²) in [4.78, 5) is 12.6. The molecule has 2 aromatic carbocycles. The number of carbonyl (C=O) groups excluding carboxylic acids is 1. The van der Waals surface area contributed by atoms with Crippen molar-refractivity contribution in [2.75, 3.05) is 17.4 Å². The van der Waals surface area contributed by atoms with Gasteiger partial charge in [0.1, 0.15) is 5.82 Å². The van der Waals surface area contributed by atoms with Crippen molar-refractivity contribution in [2.24, 2.45) is 7.05 Å². The summed E-state index contributed by atoms with van der Waals surface area (Å²) >= 11 is 5.06. The normalized spacial score (nSPS) is 11.3. The molecule has 10 heteroatoms. The van der Waals surface area contributed by atoms with Gasteiger partial charge in [0.05, 0.1) is 10.6 Å². The monoisotopic (exact) mass is 445 g/mol. The second-order valence-corrected chi connectivity index (χ2v) is 8.79. The summed E-state index contributed by atoms with van der Waals surface area (Å²) in [6, 6.07) is 14.9. The Morgan fingerprint density at radius 1 is 1.20 bits per heavy atom. The van der Waals surface area contributed by atoms with E-state index in [1.165, 1.54) is 16.4 Å². The first-order valence-electron chi connectivity index (χ1n) is 9.41. The fourth-order valence-electron chi connectivity index (χ4n) is 3.00. The van der Waals surface area contributed by atoms with E-state index >= 15 is 0 Å². The maximum Gasteiger partial charge on any atom is 0.264 e. The van der Waals surface area contributed by atoms with Crippen LogP contribution in [0.5, 0.6) is 0 Å². The van der Waals surface area contributed by atoms with Gasteiger partial charge >= 0.3 is 0 Å². The van der Waals surface area contributed by atoms with Crippen molar-refractivity contribution in [1.82, 2.24) is 20.1 Å². The highest BCUT2D eigenvalue weighted by Gasteiger charge is 2.24. The van der Waals surface area contributed by atoms with Crippen LogP contribution in [0.1, 0.15) is 23.1 Å². The number of anilines is 1. The van der Waals surface area contributed by atoms with Crippen molar-refractivity contribution in [3.8, 4) is 0 Å². The molecule has 0 atom stereocenters. The second kappa shape index (κ2) is 9.23. The molecule has 1 heterocycles. The number of hydrogen-bond donors (Lipinski definition) is 2. The molecule has 0 unspecified atom stereocenters. The van der Waals surface area contributed by atoms with E-state index in [0.717, 1.165) is 5.82 Å². The fraction of sp³-hybridized carbons (Fsp3) is 0.250. The molecule has 3 rings (SSSR count). The lowest BCUT2D eigenvalue weighted by atomic mass is 10.2. The van der Waals surface area contributed by atoms with Gasteiger partial charge in [0, 0.05) is 32.1 Å². The van der Waals surface area contributed by atoms with Crippen LogP contribution in [-0.2, 0) is 23.5 Å². The zero-order valence-electron chi connectivity index (χ0n) is 16.7. The van der Waals surface area contributed by atoms with Crippen LogP contribution in [0.4, 0.5) is 5.69 Å². The molecule has 0 aliphatic heterocycles. The molecule has 0 spiro atoms. The highest BCUT2D eigenvalue weighted by molar-refractivity contribution is 7.92. The van der Waals surface area contributed by atoms with Gasteiger partial charge in [0.15, 0.2) is 4.77 Å². The number of hydrogen-bond acceptors (Lipinski definition) is 5. The van der Waals surface area contributed by atoms with Gasteiger partial charge in [-0.25, -0.2) is 8.42 Å². The van der Waals surface area contributed by atoms with Crippen LogP contribution in [0.25, 0.3) is 0 Å². The molecule has 0 fully saturated rings. The summed E-state index contributed by atoms with van der Waals surface area (Å²) in [5.41, 5.74) is 0.846. The van der Waals surface area contributed by atoms with Gasteiger partial charge in [0.25, 0.3) is 15.9 Å². The summed E-state index contributed by atoms with van der Waals surface area (Å²) < 4.78 is 29.8. The zero-order chi connectivity index (χ0) is 21.7. The molecule has 158 valence electrons. The first-order valence-corrected chi connectivity index (χ1v) is 11.3. The van der Waals surface area contributed by atoms with Gasteiger partial charge in [-0.15, -0.1) is 0 Å². The number of rotatable bonds is 8. The van der Waals surface area contributed by atoms with Gasteiger partial charge < -0.3 is 9.88 Å². The molecule has 3 aromatic rings. The number of carbonyl (C=O) groups is 1. The molecule has 0 bridgehead atoms. The van der Waals surface area contributed by atoms with E-state index in [-0.39, 0.29) is 22.9 Å². The number of amides is 1. The van der Waals surface area contributed by atoms with E-state index in [4.69, 9.17) is 12.2 Å². The third-order valence-corrected chi connectivity index (χ3v) is 6.89. The number of nitrogens with zero attached hydrogens (tertiary/aromatic N) is 3. The first kappa shape index (κ1) is 21.7. The Morgan fingerprint density at radius 3 is 2.57 bits per heavy atom. The van der Waals surface area contributed by atoms with Crippen molar-refractivity contribution in [2.45, 2.75) is 18.2 Å². The van der Waals surface area contributed by atoms with Crippen molar-refractivity contribution in [3.63, 3.8) is 0 Å². The van der Waals surface area contributed by atoms with Crippen LogP contribution in [0.15, 0.2) is 59.5 Å². The lowest BCUT2D eigenvalue weighted by Gasteiger charge is -2.23. The van der Waals surface area contributed by atoms with E-state index in [1.807, 2.05) is 6.07 Å². The quantitative estimate of drug-likeness (QED) is 0.519. The van der Waals surface area contributed by atoms with Gasteiger partial charge in [-0.1, -0.05) is 24.3 Å². The Labute approximate surface area is 180 Å². The summed E-state index contributed by atoms with van der Waals surface area (Å²) in [5, 5.41) is 9.58. The number of nitrogens with one attached hydrogen (secondary N) is 2. The number of aromatic amines is 1. The molecule has 30 heavy (non-hydrogen) atoms. The highest BCUT2D eigenvalue weighted by Crippen LogP contribution is 2.23. The molecule has 0 saturated heterocycles. The summed E-state index contributed by atoms with van der Waals surface area (Å²) in [7, 11) is -2.01. The van der Waals surface area contributed by atoms with Crippen LogP contribution in [0.3, 0.4) is 0 Å². The predicted octanol–water partition coefficient (Wildman–Crippen LogP) is 2.67. The first-order chi connectivity index (χ1) is 14.3. The lowest BCUT2D eigenvalue weighted by molar-refractivity contribution is 0.0953. The van der Waals surface area contributed by atoms with Crippen molar-refractivity contribution >= 4 is 33.8 Å². The number of H-pyrrole nitrogens is 1. The number of aromatic nitrogens is 3. The highest BCUT2D eigenvalue weighted by atomic mass is 32.2. The maximum atomic E-state index is 13.1. The van der Waals surface area contributed by atoms with Gasteiger partial charge in [0.2, 0.25) is 0 Å². The average molecular weight is 446 g/mol. The Bertz CT molecular complexity index is 1190. The number of benzene rings is 2. The minimum atomic E-state index is -3.80. The third-order valence-electron chi connectivity index (χ3n) is 4.62. The molecule has 0 aliphatic rings. The zero-order valence-corrected chi connectivity index (χ0v) is 18.3. The van der Waals surface area contributed by atoms with Crippen LogP contribution in [0.2, 0.25) is 0 Å². The number of sulfonamides is 1. The maximum absolute atomic E-state index is 13.1. The van der Waals surface area contributed by atoms with E-state index in [2.05, 4.69) is 15.5 Å². The van der Waals surface area contributed by atoms with Crippen LogP contribution in [-0.4, -0.2) is 42.2 Å². The molecule has 1 amide bonds. The predicted molar refractivity (Wildman–Crippen MR) is 118 cm³/mol. The number of para-hydroxylation sites is 1. The summed E-state index contributed by atoms with van der Waals surface area (Å²) in [5.74, 6) is 0.365. The molecular weight excluding hydrogens is 422 g/mol. The SMILES string of the molecule is CCN(c1ccccc1)S(=O)(=O)c1cccc(C(=O)NCCc2n[nH]c(=S)n2C)c1. The van der Waals surface area contributed by atoms with Gasteiger partial charge in [-0.05, 0) is 49.5 Å². The molecule has 0 saturated carbocycles. The lowest BCUT2D eigenvalue weighted by Crippen LogP contribution is -2.31. The van der Waals surface area contributed by atoms with Crippen molar-refractivity contribution in [1.29, 1.82) is 0 Å².